The summed E-state index contributed by atoms with van der Waals surface area (Å²) >= 11 is 12.8. The molecule has 0 heterocycles. The van der Waals surface area contributed by atoms with E-state index in [-0.39, 0.29) is 7.43 Å². The van der Waals surface area contributed by atoms with Gasteiger partial charge in [-0.3, -0.25) is 0 Å². The molecule has 0 saturated carbocycles. The number of hydrogen-bond donors (Lipinski definition) is 2. The van der Waals surface area contributed by atoms with E-state index in [0.29, 0.717) is 5.46 Å². The Hall–Kier alpha value is -11.1. The van der Waals surface area contributed by atoms with E-state index in [2.05, 4.69) is 244 Å². The molecule has 466 valence electrons. The first-order valence-corrected chi connectivity index (χ1v) is 34.4. The highest BCUT2D eigenvalue weighted by Gasteiger charge is 2.24. The molecule has 0 fully saturated rings. The fraction of sp³-hybridized carbons (Fsp3) is 0.0426. The van der Waals surface area contributed by atoms with Crippen LogP contribution in [0.3, 0.4) is 0 Å². The van der Waals surface area contributed by atoms with Crippen LogP contribution in [0.15, 0.2) is 279 Å². The Bertz CT molecular complexity index is 6770. The van der Waals surface area contributed by atoms with Crippen molar-refractivity contribution in [2.75, 3.05) is 0 Å². The predicted molar refractivity (Wildman–Crippen MR) is 433 cm³/mol. The molecule has 0 saturated heterocycles. The van der Waals surface area contributed by atoms with E-state index in [1.807, 2.05) is 55.5 Å². The minimum absolute atomic E-state index is 0. The highest BCUT2D eigenvalue weighted by molar-refractivity contribution is 6.62. The van der Waals surface area contributed by atoms with Gasteiger partial charge in [-0.2, -0.15) is 0 Å². The molecule has 2 N–H and O–H groups in total. The van der Waals surface area contributed by atoms with Crippen LogP contribution >= 0.6 is 23.2 Å². The minimum atomic E-state index is -1.40. The van der Waals surface area contributed by atoms with Crippen molar-refractivity contribution < 1.29 is 10.0 Å². The molecule has 0 atom stereocenters. The van der Waals surface area contributed by atoms with Crippen LogP contribution < -0.4 is 5.46 Å². The second kappa shape index (κ2) is 22.2. The first-order valence-electron chi connectivity index (χ1n) is 33.6. The summed E-state index contributed by atoms with van der Waals surface area (Å²) < 4.78 is 0. The van der Waals surface area contributed by atoms with E-state index in [1.54, 1.807) is 0 Å². The van der Waals surface area contributed by atoms with Crippen LogP contribution in [-0.2, 0) is 0 Å². The Labute approximate surface area is 581 Å². The molecule has 0 radical (unpaired) electrons. The molecule has 0 bridgehead atoms. The van der Waals surface area contributed by atoms with Gasteiger partial charge in [-0.05, 0) is 303 Å². The zero-order chi connectivity index (χ0) is 65.5. The molecule has 99 heavy (non-hydrogen) atoms. The van der Waals surface area contributed by atoms with Crippen LogP contribution in [0.2, 0.25) is 10.0 Å². The van der Waals surface area contributed by atoms with Gasteiger partial charge in [-0.25, -0.2) is 0 Å². The number of benzene rings is 18. The van der Waals surface area contributed by atoms with Crippen molar-refractivity contribution in [2.24, 2.45) is 0 Å². The number of halogens is 2. The van der Waals surface area contributed by atoms with Crippen LogP contribution in [0, 0.1) is 20.8 Å². The fourth-order valence-electron chi connectivity index (χ4n) is 17.6. The first-order chi connectivity index (χ1) is 48.0. The molecular weight excluding hydrogens is 1240 g/mol. The van der Waals surface area contributed by atoms with Gasteiger partial charge in [0.15, 0.2) is 0 Å². The van der Waals surface area contributed by atoms with E-state index in [1.165, 1.54) is 206 Å². The maximum atomic E-state index is 9.26. The SMILES string of the molecule is C.Cc1ccc2ccccc2c1-c1ccc2c(c1)c1cccc3c4cc5c6ccc(-c7c(C)ccc8ccccc78)cc6c6cccc(c4cc2c13)c65.Cc1ccc2ccccc2c1B(O)O.Clc1ccc2c(c1)c1cccc3c4cc5c6ccc(Cl)cc6c6cccc(c4cc2c13)c65. The van der Waals surface area contributed by atoms with Crippen LogP contribution in [0.1, 0.15) is 24.1 Å². The summed E-state index contributed by atoms with van der Waals surface area (Å²) in [6.45, 7) is 6.35. The normalized spacial score (nSPS) is 12.1. The van der Waals surface area contributed by atoms with Gasteiger partial charge in [-0.1, -0.05) is 255 Å². The van der Waals surface area contributed by atoms with E-state index in [4.69, 9.17) is 23.2 Å². The van der Waals surface area contributed by atoms with Gasteiger partial charge in [0, 0.05) is 10.0 Å². The Morgan fingerprint density at radius 2 is 0.495 bits per heavy atom. The third-order valence-electron chi connectivity index (χ3n) is 21.9. The summed E-state index contributed by atoms with van der Waals surface area (Å²) in [4.78, 5) is 0. The molecule has 22 aromatic carbocycles. The van der Waals surface area contributed by atoms with Crippen molar-refractivity contribution in [1.82, 2.24) is 0 Å². The molecule has 0 amide bonds. The van der Waals surface area contributed by atoms with Crippen LogP contribution in [0.25, 0.3) is 205 Å². The first kappa shape index (κ1) is 59.2. The summed E-state index contributed by atoms with van der Waals surface area (Å²) in [5, 5.41) is 64.0. The largest absolute Gasteiger partial charge is 0.489 e. The number of aryl methyl sites for hydroxylation is 3. The Balaban J connectivity index is 0.000000123. The third-order valence-corrected chi connectivity index (χ3v) is 22.3. The number of hydrogen-bond acceptors (Lipinski definition) is 2. The van der Waals surface area contributed by atoms with E-state index in [0.717, 1.165) is 26.4 Å². The number of fused-ring (bicyclic) bond motifs is 21. The Morgan fingerprint density at radius 3 is 0.838 bits per heavy atom. The zero-order valence-electron chi connectivity index (χ0n) is 53.8. The monoisotopic (exact) mass is 1300 g/mol. The van der Waals surface area contributed by atoms with E-state index >= 15 is 0 Å². The van der Waals surface area contributed by atoms with Gasteiger partial charge in [0.2, 0.25) is 0 Å². The minimum Gasteiger partial charge on any atom is -0.423 e. The molecule has 22 rings (SSSR count). The molecule has 0 unspecified atom stereocenters. The molecule has 0 aliphatic rings. The van der Waals surface area contributed by atoms with Crippen LogP contribution in [0.5, 0.6) is 0 Å². The van der Waals surface area contributed by atoms with Crippen molar-refractivity contribution in [1.29, 1.82) is 0 Å². The van der Waals surface area contributed by atoms with E-state index in [9.17, 15) is 10.0 Å². The average molecular weight is 1300 g/mol. The van der Waals surface area contributed by atoms with Gasteiger partial charge in [0.1, 0.15) is 0 Å². The van der Waals surface area contributed by atoms with Gasteiger partial charge >= 0.3 is 7.12 Å². The molecule has 0 aromatic heterocycles. The summed E-state index contributed by atoms with van der Waals surface area (Å²) in [5.41, 5.74) is 9.34. The third kappa shape index (κ3) is 8.65. The zero-order valence-corrected chi connectivity index (χ0v) is 55.3. The Morgan fingerprint density at radius 1 is 0.222 bits per heavy atom. The van der Waals surface area contributed by atoms with Crippen molar-refractivity contribution >= 4 is 219 Å². The average Bonchev–Trinajstić information content (AvgIpc) is 1.56. The Kier molecular flexibility index (Phi) is 13.3. The summed E-state index contributed by atoms with van der Waals surface area (Å²) in [6.07, 6.45) is 0. The lowest BCUT2D eigenvalue weighted by atomic mass is 9.74. The molecule has 2 nitrogen and oxygen atoms in total. The maximum Gasteiger partial charge on any atom is 0.489 e. The van der Waals surface area contributed by atoms with E-state index < -0.39 is 7.12 Å². The molecule has 0 aliphatic heterocycles. The molecule has 0 spiro atoms. The highest BCUT2D eigenvalue weighted by atomic mass is 35.5. The summed E-state index contributed by atoms with van der Waals surface area (Å²) in [5.74, 6) is 0. The summed E-state index contributed by atoms with van der Waals surface area (Å²) in [7, 11) is -1.40. The van der Waals surface area contributed by atoms with Crippen molar-refractivity contribution in [3.8, 4) is 22.3 Å². The highest BCUT2D eigenvalue weighted by Crippen LogP contribution is 2.51. The van der Waals surface area contributed by atoms with Crippen LogP contribution in [-0.4, -0.2) is 17.2 Å². The molecular formula is C94H61BCl2O2. The smallest absolute Gasteiger partial charge is 0.423 e. The van der Waals surface area contributed by atoms with Crippen molar-refractivity contribution in [2.45, 2.75) is 28.2 Å². The lowest BCUT2D eigenvalue weighted by molar-refractivity contribution is 0.426. The maximum absolute atomic E-state index is 9.26. The second-order valence-electron chi connectivity index (χ2n) is 27.0. The second-order valence-corrected chi connectivity index (χ2v) is 27.9. The quantitative estimate of drug-likeness (QED) is 0.137. The predicted octanol–water partition coefficient (Wildman–Crippen LogP) is 26.3. The lowest BCUT2D eigenvalue weighted by Gasteiger charge is -2.11. The molecule has 22 aromatic rings. The van der Waals surface area contributed by atoms with Gasteiger partial charge in [0.05, 0.1) is 0 Å². The van der Waals surface area contributed by atoms with Crippen molar-refractivity contribution in [3.63, 3.8) is 0 Å². The summed E-state index contributed by atoms with van der Waals surface area (Å²) in [6, 6.07) is 102. The van der Waals surface area contributed by atoms with Crippen LogP contribution in [0.4, 0.5) is 0 Å². The standard InChI is InChI=1S/C52H32.C30H14Cl2.C11H11BO2.CH4/c1-29-17-19-31-9-3-5-11-35(31)49(29)33-21-23-37-43(25-33)39-13-7-15-41-46-28-48-38-24-22-34(50-30(2)18-20-32-10-4-6-12-36(32)50)26-44(38)40-14-8-16-42(52(40)48)45(46)27-47(37)51(39)41;31-15-7-9-17-23(11-15)19-3-1-5-21-25-13-28-18-10-8-16(32)12-24(18)20-4-2-6-22(30(20)28)26(25)14-27(17)29(19)21;1-8-6-7-9-4-2-3-5-10(9)11(8)12(13)14;/h3-28H,1-2H3;1-14H;2-7,13-14H,1H3;1H4. The van der Waals surface area contributed by atoms with Crippen molar-refractivity contribution in [3.05, 3.63) is 306 Å². The van der Waals surface area contributed by atoms with Gasteiger partial charge < -0.3 is 10.0 Å². The topological polar surface area (TPSA) is 40.5 Å². The number of rotatable bonds is 3. The molecule has 5 heteroatoms. The molecule has 0 aliphatic carbocycles. The van der Waals surface area contributed by atoms with Gasteiger partial charge in [-0.15, -0.1) is 0 Å². The lowest BCUT2D eigenvalue weighted by Crippen LogP contribution is -2.32. The van der Waals surface area contributed by atoms with Gasteiger partial charge in [0.25, 0.3) is 0 Å². The fourth-order valence-corrected chi connectivity index (χ4v) is 18.0.